The Hall–Kier alpha value is -3.57. The third-order valence-electron chi connectivity index (χ3n) is 11.1. The van der Waals surface area contributed by atoms with E-state index in [1.165, 1.54) is 28.5 Å². The second kappa shape index (κ2) is 19.6. The van der Waals surface area contributed by atoms with Gasteiger partial charge < -0.3 is 15.5 Å². The Kier molecular flexibility index (Phi) is 15.0. The number of sulfone groups is 1. The van der Waals surface area contributed by atoms with Crippen molar-refractivity contribution in [2.24, 2.45) is 5.41 Å². The van der Waals surface area contributed by atoms with Crippen LogP contribution in [0.1, 0.15) is 50.7 Å². The van der Waals surface area contributed by atoms with E-state index in [9.17, 15) is 30.0 Å². The van der Waals surface area contributed by atoms with Crippen molar-refractivity contribution in [3.8, 4) is 0 Å². The number of nitrogens with zero attached hydrogens (tertiary/aromatic N) is 2. The highest BCUT2D eigenvalue weighted by Crippen LogP contribution is 2.43. The maximum Gasteiger partial charge on any atom is 0.501 e. The number of allylic oxidation sites excluding steroid dienone is 1. The normalized spacial score (nSPS) is 17.1. The van der Waals surface area contributed by atoms with Gasteiger partial charge in [-0.1, -0.05) is 73.5 Å². The number of benzene rings is 4. The molecule has 60 heavy (non-hydrogen) atoms. The minimum atomic E-state index is -5.93. The third-order valence-corrected chi connectivity index (χ3v) is 15.4. The molecule has 2 aliphatic rings. The number of hydrogen-bond donors (Lipinski definition) is 3. The van der Waals surface area contributed by atoms with Crippen molar-refractivity contribution in [2.45, 2.75) is 72.3 Å². The maximum absolute atomic E-state index is 14.0. The molecule has 4 aromatic rings. The smallest absolute Gasteiger partial charge is 0.380 e. The number of alkyl halides is 3. The van der Waals surface area contributed by atoms with Crippen molar-refractivity contribution in [1.29, 1.82) is 0 Å². The summed E-state index contributed by atoms with van der Waals surface area (Å²) in [6.07, 6.45) is 3.71. The number of rotatable bonds is 17. The zero-order valence-electron chi connectivity index (χ0n) is 34.1. The van der Waals surface area contributed by atoms with Gasteiger partial charge in [-0.2, -0.15) is 13.2 Å². The van der Waals surface area contributed by atoms with Crippen LogP contribution < -0.4 is 20.3 Å². The topological polar surface area (TPSA) is 111 Å². The van der Waals surface area contributed by atoms with Crippen LogP contribution in [0.25, 0.3) is 5.57 Å². The van der Waals surface area contributed by atoms with Crippen molar-refractivity contribution in [2.75, 3.05) is 62.3 Å². The molecule has 16 heteroatoms. The van der Waals surface area contributed by atoms with Gasteiger partial charge in [-0.3, -0.25) is 4.90 Å². The van der Waals surface area contributed by atoms with Crippen LogP contribution in [0, 0.1) is 5.41 Å². The van der Waals surface area contributed by atoms with Gasteiger partial charge in [-0.25, -0.2) is 21.6 Å². The van der Waals surface area contributed by atoms with Crippen LogP contribution in [0.15, 0.2) is 117 Å². The minimum absolute atomic E-state index is 0.151. The summed E-state index contributed by atoms with van der Waals surface area (Å²) in [5.74, 6) is 0.414. The van der Waals surface area contributed by atoms with E-state index in [1.807, 2.05) is 66.7 Å². The van der Waals surface area contributed by atoms with Crippen molar-refractivity contribution in [3.05, 3.63) is 119 Å². The fourth-order valence-electron chi connectivity index (χ4n) is 7.67. The first-order valence-corrected chi connectivity index (χ1v) is 24.3. The standard InChI is InChI=1S/C44H53ClF3N5O4S3/c1-43(2)21-19-40(33-11-13-35(45)14-12-33)34(28-43)30-52-23-25-53(26-24-52)37-15-9-32(10-16-37)29-50-60(56,57)39-17-18-41(42(27-39)59(54,55)44(46,47)48)51-36(20-22-49-3)31-58-38-7-5-4-6-8-38/h4-18,27,36,49-51H,19-26,28-31H2,1-3H3/t36-/m1/s1. The van der Waals surface area contributed by atoms with E-state index in [0.717, 1.165) is 79.7 Å². The number of hydrogen-bond acceptors (Lipinski definition) is 9. The molecule has 4 aromatic carbocycles. The Balaban J connectivity index is 1.09. The van der Waals surface area contributed by atoms with Gasteiger partial charge in [-0.05, 0) is 116 Å². The maximum atomic E-state index is 14.0. The molecule has 0 bridgehead atoms. The second-order valence-electron chi connectivity index (χ2n) is 16.1. The summed E-state index contributed by atoms with van der Waals surface area (Å²) in [5.41, 5.74) is 0.0671. The first-order valence-electron chi connectivity index (χ1n) is 20.0. The summed E-state index contributed by atoms with van der Waals surface area (Å²) < 4.78 is 97.1. The summed E-state index contributed by atoms with van der Waals surface area (Å²) in [7, 11) is -8.61. The molecular weight excluding hydrogens is 851 g/mol. The van der Waals surface area contributed by atoms with Crippen molar-refractivity contribution < 1.29 is 30.0 Å². The molecule has 9 nitrogen and oxygen atoms in total. The molecule has 324 valence electrons. The third kappa shape index (κ3) is 11.9. The Labute approximate surface area is 362 Å². The fraction of sp³-hybridized carbons (Fsp3) is 0.409. The monoisotopic (exact) mass is 903 g/mol. The molecule has 1 atom stereocenters. The van der Waals surface area contributed by atoms with Gasteiger partial charge in [-0.15, -0.1) is 11.8 Å². The van der Waals surface area contributed by atoms with E-state index in [2.05, 4.69) is 51.1 Å². The van der Waals surface area contributed by atoms with E-state index >= 15 is 0 Å². The number of thioether (sulfide) groups is 1. The molecule has 1 saturated heterocycles. The second-order valence-corrected chi connectivity index (χ2v) is 21.4. The SMILES string of the molecule is CNCC[C@H](CSc1ccccc1)Nc1ccc(S(=O)(=O)NCc2ccc(N3CCN(CC4=C(c5ccc(Cl)cc5)CCC(C)(C)C4)CC3)cc2)cc1S(=O)(=O)C(F)(F)F. The van der Waals surface area contributed by atoms with Gasteiger partial charge >= 0.3 is 5.51 Å². The Bertz CT molecular complexity index is 2320. The molecule has 0 unspecified atom stereocenters. The predicted octanol–water partition coefficient (Wildman–Crippen LogP) is 9.08. The molecule has 1 fully saturated rings. The number of piperazine rings is 1. The number of nitrogens with one attached hydrogen (secondary N) is 3. The highest BCUT2D eigenvalue weighted by molar-refractivity contribution is 7.99. The largest absolute Gasteiger partial charge is 0.501 e. The van der Waals surface area contributed by atoms with E-state index < -0.39 is 41.2 Å². The van der Waals surface area contributed by atoms with Crippen LogP contribution in [-0.4, -0.2) is 85.4 Å². The quantitative estimate of drug-likeness (QED) is 0.0895. The first-order chi connectivity index (χ1) is 28.4. The number of sulfonamides is 1. The molecule has 1 heterocycles. The first kappa shape index (κ1) is 45.9. The zero-order valence-corrected chi connectivity index (χ0v) is 37.3. The van der Waals surface area contributed by atoms with Gasteiger partial charge in [0.25, 0.3) is 9.84 Å². The molecule has 6 rings (SSSR count). The Morgan fingerprint density at radius 2 is 1.57 bits per heavy atom. The summed E-state index contributed by atoms with van der Waals surface area (Å²) in [6, 6.07) is 27.4. The fourth-order valence-corrected chi connectivity index (χ4v) is 10.9. The van der Waals surface area contributed by atoms with Crippen molar-refractivity contribution in [1.82, 2.24) is 14.9 Å². The van der Waals surface area contributed by atoms with E-state index in [0.29, 0.717) is 30.3 Å². The molecule has 0 spiro atoms. The van der Waals surface area contributed by atoms with Crippen LogP contribution in [-0.2, 0) is 26.4 Å². The minimum Gasteiger partial charge on any atom is -0.380 e. The van der Waals surface area contributed by atoms with Crippen LogP contribution in [0.5, 0.6) is 0 Å². The molecule has 3 N–H and O–H groups in total. The molecule has 1 aliphatic carbocycles. The summed E-state index contributed by atoms with van der Waals surface area (Å²) in [4.78, 5) is 4.00. The Morgan fingerprint density at radius 3 is 2.22 bits per heavy atom. The molecule has 0 amide bonds. The number of halogens is 4. The molecule has 0 saturated carbocycles. The van der Waals surface area contributed by atoms with Gasteiger partial charge in [0, 0.05) is 66.7 Å². The molecule has 0 aromatic heterocycles. The lowest BCUT2D eigenvalue weighted by atomic mass is 9.73. The summed E-state index contributed by atoms with van der Waals surface area (Å²) >= 11 is 7.65. The molecule has 1 aliphatic heterocycles. The highest BCUT2D eigenvalue weighted by atomic mass is 35.5. The summed E-state index contributed by atoms with van der Waals surface area (Å²) in [6.45, 7) is 9.39. The van der Waals surface area contributed by atoms with Crippen LogP contribution >= 0.6 is 23.4 Å². The van der Waals surface area contributed by atoms with Crippen molar-refractivity contribution in [3.63, 3.8) is 0 Å². The van der Waals surface area contributed by atoms with Gasteiger partial charge in [0.15, 0.2) is 0 Å². The summed E-state index contributed by atoms with van der Waals surface area (Å²) in [5, 5.41) is 6.71. The van der Waals surface area contributed by atoms with E-state index in [4.69, 9.17) is 11.6 Å². The highest BCUT2D eigenvalue weighted by Gasteiger charge is 2.48. The van der Waals surface area contributed by atoms with E-state index in [1.54, 1.807) is 7.05 Å². The average Bonchev–Trinajstić information content (AvgIpc) is 3.22. The lowest BCUT2D eigenvalue weighted by Gasteiger charge is -2.39. The van der Waals surface area contributed by atoms with Gasteiger partial charge in [0.1, 0.15) is 4.90 Å². The predicted molar refractivity (Wildman–Crippen MR) is 238 cm³/mol. The van der Waals surface area contributed by atoms with Crippen LogP contribution in [0.2, 0.25) is 5.02 Å². The lowest BCUT2D eigenvalue weighted by Crippen LogP contribution is -2.47. The van der Waals surface area contributed by atoms with Crippen LogP contribution in [0.3, 0.4) is 0 Å². The molecule has 0 radical (unpaired) electrons. The van der Waals surface area contributed by atoms with Crippen LogP contribution in [0.4, 0.5) is 24.5 Å². The van der Waals surface area contributed by atoms with Gasteiger partial charge in [0.2, 0.25) is 10.0 Å². The van der Waals surface area contributed by atoms with Crippen molar-refractivity contribution >= 4 is 60.2 Å². The van der Waals surface area contributed by atoms with E-state index in [-0.39, 0.29) is 17.6 Å². The Morgan fingerprint density at radius 1 is 0.883 bits per heavy atom. The number of anilines is 2. The lowest BCUT2D eigenvalue weighted by molar-refractivity contribution is -0.0435. The zero-order chi connectivity index (χ0) is 43.1. The molecular formula is C44H53ClF3N5O4S3. The van der Waals surface area contributed by atoms with Gasteiger partial charge in [0.05, 0.1) is 10.6 Å². The average molecular weight is 905 g/mol.